The minimum absolute atomic E-state index is 0.169. The van der Waals surface area contributed by atoms with E-state index in [1.807, 2.05) is 0 Å². The number of thioether (sulfide) groups is 1. The third-order valence-electron chi connectivity index (χ3n) is 4.42. The summed E-state index contributed by atoms with van der Waals surface area (Å²) in [6.45, 7) is 1.65. The lowest BCUT2D eigenvalue weighted by Gasteiger charge is -2.14. The summed E-state index contributed by atoms with van der Waals surface area (Å²) in [4.78, 5) is 46.1. The van der Waals surface area contributed by atoms with Crippen molar-refractivity contribution in [3.8, 4) is 17.1 Å². The Morgan fingerprint density at radius 2 is 1.86 bits per heavy atom. The first-order valence-electron chi connectivity index (χ1n) is 8.65. The lowest BCUT2D eigenvalue weighted by atomic mass is 10.2. The maximum atomic E-state index is 12.8. The maximum absolute atomic E-state index is 12.8. The number of fused-ring (bicyclic) bond motifs is 1. The molecule has 0 aliphatic rings. The number of hydrogen-bond acceptors (Lipinski definition) is 8. The average molecular weight is 416 g/mol. The Kier molecular flexibility index (Phi) is 5.73. The summed E-state index contributed by atoms with van der Waals surface area (Å²) < 4.78 is 12.3. The Balaban J connectivity index is 2.34. The molecule has 0 amide bonds. The normalized spacial score (nSPS) is 12.0. The molecule has 3 rings (SSSR count). The third kappa shape index (κ3) is 3.75. The molecule has 0 unspecified atom stereocenters. The molecule has 0 saturated carbocycles. The molecule has 0 N–H and O–H groups in total. The highest BCUT2D eigenvalue weighted by Gasteiger charge is 2.23. The van der Waals surface area contributed by atoms with Gasteiger partial charge < -0.3 is 9.47 Å². The van der Waals surface area contributed by atoms with Crippen LogP contribution >= 0.6 is 11.8 Å². The molecular formula is C19H20N4O5S. The number of carbonyl (C=O) groups excluding carboxylic acids is 1. The molecule has 0 fully saturated rings. The van der Waals surface area contributed by atoms with Crippen LogP contribution in [0.2, 0.25) is 0 Å². The second-order valence-electron chi connectivity index (χ2n) is 6.27. The number of nitrogens with zero attached hydrogens (tertiary/aromatic N) is 4. The third-order valence-corrected chi connectivity index (χ3v) is 5.48. The fraction of sp³-hybridized carbons (Fsp3) is 0.316. The highest BCUT2D eigenvalue weighted by molar-refractivity contribution is 8.00. The van der Waals surface area contributed by atoms with Crippen molar-refractivity contribution in [2.24, 2.45) is 14.1 Å². The quantitative estimate of drug-likeness (QED) is 0.349. The van der Waals surface area contributed by atoms with Gasteiger partial charge in [-0.05, 0) is 19.1 Å². The second kappa shape index (κ2) is 8.08. The van der Waals surface area contributed by atoms with Crippen LogP contribution < -0.4 is 16.0 Å². The zero-order valence-electron chi connectivity index (χ0n) is 16.6. The maximum Gasteiger partial charge on any atom is 0.332 e. The molecule has 2 aromatic heterocycles. The molecule has 0 saturated heterocycles. The van der Waals surface area contributed by atoms with Gasteiger partial charge in [-0.2, -0.15) is 0 Å². The van der Waals surface area contributed by atoms with Crippen molar-refractivity contribution in [3.63, 3.8) is 0 Å². The topological polar surface area (TPSA) is 105 Å². The van der Waals surface area contributed by atoms with Gasteiger partial charge in [-0.15, -0.1) is 0 Å². The Morgan fingerprint density at radius 1 is 1.14 bits per heavy atom. The van der Waals surface area contributed by atoms with Crippen LogP contribution in [0.25, 0.3) is 22.4 Å². The predicted octanol–water partition coefficient (Wildman–Crippen LogP) is 1.36. The van der Waals surface area contributed by atoms with E-state index in [1.165, 1.54) is 25.8 Å². The van der Waals surface area contributed by atoms with E-state index in [0.717, 1.165) is 16.3 Å². The first-order valence-corrected chi connectivity index (χ1v) is 9.53. The molecule has 1 aromatic carbocycles. The Hall–Kier alpha value is -3.14. The van der Waals surface area contributed by atoms with Crippen LogP contribution in [0.5, 0.6) is 5.75 Å². The van der Waals surface area contributed by atoms with Crippen molar-refractivity contribution in [2.45, 2.75) is 17.2 Å². The van der Waals surface area contributed by atoms with Crippen molar-refractivity contribution < 1.29 is 14.3 Å². The van der Waals surface area contributed by atoms with E-state index in [1.54, 1.807) is 38.3 Å². The lowest BCUT2D eigenvalue weighted by Crippen LogP contribution is -2.37. The molecule has 29 heavy (non-hydrogen) atoms. The fourth-order valence-electron chi connectivity index (χ4n) is 2.79. The summed E-state index contributed by atoms with van der Waals surface area (Å²) in [5.74, 6) is 0.465. The van der Waals surface area contributed by atoms with Crippen LogP contribution in [0.3, 0.4) is 0 Å². The number of hydrogen-bond donors (Lipinski definition) is 0. The molecule has 0 aliphatic carbocycles. The number of aromatic nitrogens is 4. The number of ether oxygens (including phenoxy) is 2. The molecule has 3 aromatic rings. The van der Waals surface area contributed by atoms with Crippen molar-refractivity contribution in [2.75, 3.05) is 14.2 Å². The summed E-state index contributed by atoms with van der Waals surface area (Å²) in [6.07, 6.45) is 0. The van der Waals surface area contributed by atoms with Gasteiger partial charge in [-0.25, -0.2) is 14.8 Å². The Morgan fingerprint density at radius 3 is 2.52 bits per heavy atom. The number of rotatable bonds is 5. The number of benzene rings is 1. The predicted molar refractivity (Wildman–Crippen MR) is 109 cm³/mol. The van der Waals surface area contributed by atoms with Crippen molar-refractivity contribution in [1.29, 1.82) is 0 Å². The largest absolute Gasteiger partial charge is 0.497 e. The average Bonchev–Trinajstić information content (AvgIpc) is 2.74. The van der Waals surface area contributed by atoms with Crippen molar-refractivity contribution >= 4 is 28.8 Å². The second-order valence-corrected chi connectivity index (χ2v) is 7.60. The monoisotopic (exact) mass is 416 g/mol. The first-order chi connectivity index (χ1) is 13.8. The standard InChI is InChI=1S/C19H20N4O5S/c1-10(18(25)28-5)29-16-13-15(22(2)19(26)23(3)17(13)24)20-14(21-16)11-7-6-8-12(9-11)27-4/h6-10H,1-5H3/t10-/m0/s1. The SMILES string of the molecule is COC(=O)[C@H](C)Sc1nc(-c2cccc(OC)c2)nc2c1c(=O)n(C)c(=O)n2C. The summed E-state index contributed by atoms with van der Waals surface area (Å²) in [6, 6.07) is 7.11. The van der Waals surface area contributed by atoms with Crippen LogP contribution in [0.15, 0.2) is 38.9 Å². The fourth-order valence-corrected chi connectivity index (χ4v) is 3.75. The molecule has 9 nitrogen and oxygen atoms in total. The van der Waals surface area contributed by atoms with E-state index < -0.39 is 22.5 Å². The lowest BCUT2D eigenvalue weighted by molar-refractivity contribution is -0.139. The minimum Gasteiger partial charge on any atom is -0.497 e. The molecule has 2 heterocycles. The number of carbonyl (C=O) groups is 1. The molecule has 0 bridgehead atoms. The van der Waals surface area contributed by atoms with Crippen LogP contribution in [0.4, 0.5) is 0 Å². The summed E-state index contributed by atoms with van der Waals surface area (Å²) in [5, 5.41) is -0.151. The minimum atomic E-state index is -0.613. The molecule has 152 valence electrons. The van der Waals surface area contributed by atoms with Gasteiger partial charge in [0, 0.05) is 19.7 Å². The van der Waals surface area contributed by atoms with E-state index >= 15 is 0 Å². The van der Waals surface area contributed by atoms with Gasteiger partial charge in [0.05, 0.1) is 14.2 Å². The Labute approximate surface area is 170 Å². The van der Waals surface area contributed by atoms with Gasteiger partial charge in [0.25, 0.3) is 5.56 Å². The van der Waals surface area contributed by atoms with Gasteiger partial charge in [-0.1, -0.05) is 23.9 Å². The molecule has 0 spiro atoms. The summed E-state index contributed by atoms with van der Waals surface area (Å²) >= 11 is 1.08. The van der Waals surface area contributed by atoms with E-state index in [-0.39, 0.29) is 11.0 Å². The molecule has 10 heteroatoms. The first kappa shape index (κ1) is 20.6. The number of esters is 1. The van der Waals surface area contributed by atoms with Gasteiger partial charge >= 0.3 is 11.7 Å². The van der Waals surface area contributed by atoms with Crippen LogP contribution in [0, 0.1) is 0 Å². The van der Waals surface area contributed by atoms with E-state index in [4.69, 9.17) is 9.47 Å². The molecule has 0 aliphatic heterocycles. The van der Waals surface area contributed by atoms with Crippen LogP contribution in [-0.4, -0.2) is 44.5 Å². The molecule has 0 radical (unpaired) electrons. The van der Waals surface area contributed by atoms with E-state index in [0.29, 0.717) is 22.2 Å². The number of aryl methyl sites for hydroxylation is 1. The Bertz CT molecular complexity index is 1220. The van der Waals surface area contributed by atoms with Crippen LogP contribution in [-0.2, 0) is 23.6 Å². The van der Waals surface area contributed by atoms with E-state index in [2.05, 4.69) is 9.97 Å². The smallest absolute Gasteiger partial charge is 0.332 e. The number of methoxy groups -OCH3 is 2. The highest BCUT2D eigenvalue weighted by atomic mass is 32.2. The zero-order valence-corrected chi connectivity index (χ0v) is 17.4. The summed E-state index contributed by atoms with van der Waals surface area (Å²) in [5.41, 5.74) is -0.202. The molecular weight excluding hydrogens is 396 g/mol. The van der Waals surface area contributed by atoms with Gasteiger partial charge in [0.2, 0.25) is 0 Å². The van der Waals surface area contributed by atoms with Gasteiger partial charge in [-0.3, -0.25) is 18.7 Å². The molecule has 1 atom stereocenters. The zero-order chi connectivity index (χ0) is 21.3. The van der Waals surface area contributed by atoms with Crippen molar-refractivity contribution in [3.05, 3.63) is 45.1 Å². The van der Waals surface area contributed by atoms with Gasteiger partial charge in [0.1, 0.15) is 21.4 Å². The van der Waals surface area contributed by atoms with Crippen molar-refractivity contribution in [1.82, 2.24) is 19.1 Å². The summed E-state index contributed by atoms with van der Waals surface area (Å²) in [7, 11) is 5.76. The van der Waals surface area contributed by atoms with Crippen LogP contribution in [0.1, 0.15) is 6.92 Å². The van der Waals surface area contributed by atoms with Gasteiger partial charge in [0.15, 0.2) is 11.5 Å². The van der Waals surface area contributed by atoms with E-state index in [9.17, 15) is 14.4 Å². The highest BCUT2D eigenvalue weighted by Crippen LogP contribution is 2.30.